The molecule has 0 saturated heterocycles. The van der Waals surface area contributed by atoms with E-state index in [0.717, 1.165) is 17.9 Å². The summed E-state index contributed by atoms with van der Waals surface area (Å²) in [4.78, 5) is 0. The Bertz CT molecular complexity index is 439. The average Bonchev–Trinajstić information content (AvgIpc) is 2.35. The third kappa shape index (κ3) is 9.38. The van der Waals surface area contributed by atoms with E-state index in [1.54, 1.807) is 0 Å². The van der Waals surface area contributed by atoms with Crippen LogP contribution < -0.4 is 0 Å². The van der Waals surface area contributed by atoms with Crippen molar-refractivity contribution in [3.63, 3.8) is 0 Å². The molecule has 0 aliphatic rings. The van der Waals surface area contributed by atoms with Gasteiger partial charge < -0.3 is 0 Å². The van der Waals surface area contributed by atoms with Gasteiger partial charge in [0.15, 0.2) is 0 Å². The van der Waals surface area contributed by atoms with Crippen molar-refractivity contribution >= 4 is 5.57 Å². The van der Waals surface area contributed by atoms with Crippen molar-refractivity contribution in [3.8, 4) is 0 Å². The highest BCUT2D eigenvalue weighted by molar-refractivity contribution is 5.74. The maximum atomic E-state index is 3.88. The maximum Gasteiger partial charge on any atom is -0.0187 e. The Hall–Kier alpha value is -1.56. The zero-order chi connectivity index (χ0) is 15.5. The monoisotopic (exact) mass is 270 g/mol. The molecule has 1 aromatic rings. The lowest BCUT2D eigenvalue weighted by Crippen LogP contribution is -1.82. The first-order chi connectivity index (χ1) is 9.36. The molecule has 20 heavy (non-hydrogen) atoms. The van der Waals surface area contributed by atoms with Gasteiger partial charge in [0.1, 0.15) is 0 Å². The minimum atomic E-state index is 0.833. The molecule has 0 heterocycles. The minimum absolute atomic E-state index is 0.833. The van der Waals surface area contributed by atoms with Crippen molar-refractivity contribution < 1.29 is 0 Å². The van der Waals surface area contributed by atoms with E-state index >= 15 is 0 Å². The van der Waals surface area contributed by atoms with Crippen molar-refractivity contribution in [2.45, 2.75) is 48.0 Å². The molecule has 0 heteroatoms. The number of benzene rings is 1. The van der Waals surface area contributed by atoms with Crippen molar-refractivity contribution in [3.05, 3.63) is 65.8 Å². The Morgan fingerprint density at radius 3 is 2.00 bits per heavy atom. The Balaban J connectivity index is 0.000000796. The van der Waals surface area contributed by atoms with Gasteiger partial charge in [0, 0.05) is 0 Å². The van der Waals surface area contributed by atoms with E-state index in [-0.39, 0.29) is 0 Å². The molecule has 0 spiro atoms. The molecule has 0 aliphatic heterocycles. The first kappa shape index (κ1) is 18.4. The molecule has 0 atom stereocenters. The van der Waals surface area contributed by atoms with Crippen molar-refractivity contribution in [2.24, 2.45) is 5.92 Å². The average molecular weight is 270 g/mol. The molecule has 1 aromatic carbocycles. The molecular formula is C20H30. The Kier molecular flexibility index (Phi) is 9.45. The first-order valence-electron chi connectivity index (χ1n) is 7.47. The van der Waals surface area contributed by atoms with Crippen LogP contribution >= 0.6 is 0 Å². The van der Waals surface area contributed by atoms with Gasteiger partial charge in [-0.2, -0.15) is 0 Å². The Morgan fingerprint density at radius 2 is 1.60 bits per heavy atom. The molecule has 0 unspecified atom stereocenters. The summed E-state index contributed by atoms with van der Waals surface area (Å²) in [5.74, 6) is 0.833. The molecule has 0 bridgehead atoms. The highest BCUT2D eigenvalue weighted by atomic mass is 14.0. The molecule has 0 amide bonds. The highest BCUT2D eigenvalue weighted by Crippen LogP contribution is 2.18. The molecule has 0 aliphatic carbocycles. The lowest BCUT2D eigenvalue weighted by Gasteiger charge is -2.03. The fraction of sp³-hybridized carbons (Fsp3) is 0.400. The van der Waals surface area contributed by atoms with Gasteiger partial charge in [0.2, 0.25) is 0 Å². The number of allylic oxidation sites excluding steroid dienone is 5. The van der Waals surface area contributed by atoms with Crippen molar-refractivity contribution in [1.82, 2.24) is 0 Å². The van der Waals surface area contributed by atoms with Gasteiger partial charge in [-0.1, -0.05) is 87.9 Å². The summed E-state index contributed by atoms with van der Waals surface area (Å²) in [7, 11) is 0. The summed E-state index contributed by atoms with van der Waals surface area (Å²) in [6.07, 6.45) is 7.48. The molecule has 0 fully saturated rings. The van der Waals surface area contributed by atoms with Crippen LogP contribution in [0.5, 0.6) is 0 Å². The van der Waals surface area contributed by atoms with E-state index in [9.17, 15) is 0 Å². The van der Waals surface area contributed by atoms with Crippen LogP contribution in [0, 0.1) is 12.8 Å². The summed E-state index contributed by atoms with van der Waals surface area (Å²) in [5.41, 5.74) is 4.91. The van der Waals surface area contributed by atoms with Crippen LogP contribution in [0.4, 0.5) is 0 Å². The molecule has 0 N–H and O–H groups in total. The van der Waals surface area contributed by atoms with Gasteiger partial charge >= 0.3 is 0 Å². The van der Waals surface area contributed by atoms with Gasteiger partial charge in [0.25, 0.3) is 0 Å². The van der Waals surface area contributed by atoms with Crippen molar-refractivity contribution in [1.29, 1.82) is 0 Å². The topological polar surface area (TPSA) is 0 Å². The van der Waals surface area contributed by atoms with Gasteiger partial charge in [-0.05, 0) is 37.3 Å². The van der Waals surface area contributed by atoms with E-state index in [4.69, 9.17) is 0 Å². The van der Waals surface area contributed by atoms with Crippen LogP contribution in [0.2, 0.25) is 0 Å². The third-order valence-electron chi connectivity index (χ3n) is 2.36. The van der Waals surface area contributed by atoms with Gasteiger partial charge in [-0.15, -0.1) is 0 Å². The predicted octanol–water partition coefficient (Wildman–Crippen LogP) is 6.58. The van der Waals surface area contributed by atoms with Crippen LogP contribution in [0.1, 0.15) is 52.2 Å². The third-order valence-corrected chi connectivity index (χ3v) is 2.36. The van der Waals surface area contributed by atoms with Crippen LogP contribution in [-0.4, -0.2) is 0 Å². The second kappa shape index (κ2) is 10.3. The summed E-state index contributed by atoms with van der Waals surface area (Å²) >= 11 is 0. The highest BCUT2D eigenvalue weighted by Gasteiger charge is 1.96. The summed E-state index contributed by atoms with van der Waals surface area (Å²) < 4.78 is 0. The largest absolute Gasteiger partial charge is 0.0961 e. The van der Waals surface area contributed by atoms with Crippen LogP contribution in [0.25, 0.3) is 5.57 Å². The minimum Gasteiger partial charge on any atom is -0.0961 e. The number of hydrogen-bond acceptors (Lipinski definition) is 0. The molecule has 1 rings (SSSR count). The lowest BCUT2D eigenvalue weighted by atomic mass is 10.0. The Morgan fingerprint density at radius 1 is 1.10 bits per heavy atom. The van der Waals surface area contributed by atoms with E-state index in [1.165, 1.54) is 16.7 Å². The van der Waals surface area contributed by atoms with E-state index in [0.29, 0.717) is 0 Å². The quantitative estimate of drug-likeness (QED) is 0.542. The normalized spacial score (nSPS) is 11.4. The fourth-order valence-electron chi connectivity index (χ4n) is 1.48. The number of rotatable bonds is 4. The smallest absolute Gasteiger partial charge is 0.0187 e. The number of aryl methyl sites for hydroxylation is 1. The molecule has 0 aromatic heterocycles. The Labute approximate surface area is 125 Å². The summed E-state index contributed by atoms with van der Waals surface area (Å²) in [6.45, 7) is 16.7. The molecular weight excluding hydrogens is 240 g/mol. The van der Waals surface area contributed by atoms with Crippen LogP contribution in [-0.2, 0) is 0 Å². The van der Waals surface area contributed by atoms with Crippen LogP contribution in [0.15, 0.2) is 54.6 Å². The molecule has 110 valence electrons. The maximum absolute atomic E-state index is 3.88. The zero-order valence-corrected chi connectivity index (χ0v) is 14.0. The fourth-order valence-corrected chi connectivity index (χ4v) is 1.48. The predicted molar refractivity (Wildman–Crippen MR) is 93.9 cm³/mol. The molecule has 0 nitrogen and oxygen atoms in total. The SMILES string of the molecule is C=C(C)/C=C\C(=C/CC)c1ccc(C)cc1.CC(C)C. The van der Waals surface area contributed by atoms with E-state index in [2.05, 4.69) is 83.7 Å². The van der Waals surface area contributed by atoms with E-state index < -0.39 is 0 Å². The van der Waals surface area contributed by atoms with E-state index in [1.807, 2.05) is 6.92 Å². The van der Waals surface area contributed by atoms with Gasteiger partial charge in [-0.3, -0.25) is 0 Å². The van der Waals surface area contributed by atoms with Crippen LogP contribution in [0.3, 0.4) is 0 Å². The molecule has 0 radical (unpaired) electrons. The second-order valence-corrected chi connectivity index (χ2v) is 5.85. The lowest BCUT2D eigenvalue weighted by molar-refractivity contribution is 0.737. The summed E-state index contributed by atoms with van der Waals surface area (Å²) in [5, 5.41) is 0. The standard InChI is InChI=1S/C16H20.C4H10/c1-5-6-15(10-7-13(2)3)16-11-8-14(4)9-12-16;1-4(2)3/h6-12H,2,5H2,1,3-4H3;4H,1-3H3/b10-7-,15-6+;. The first-order valence-corrected chi connectivity index (χ1v) is 7.47. The van der Waals surface area contributed by atoms with Crippen molar-refractivity contribution in [2.75, 3.05) is 0 Å². The van der Waals surface area contributed by atoms with Gasteiger partial charge in [0.05, 0.1) is 0 Å². The number of hydrogen-bond donors (Lipinski definition) is 0. The summed E-state index contributed by atoms with van der Waals surface area (Å²) in [6, 6.07) is 8.63. The molecule has 0 saturated carbocycles. The van der Waals surface area contributed by atoms with Gasteiger partial charge in [-0.25, -0.2) is 0 Å². The second-order valence-electron chi connectivity index (χ2n) is 5.85. The zero-order valence-electron chi connectivity index (χ0n) is 14.0.